The standard InChI is InChI=1S/C13H18N4O2S/c1-5-6-7-17-11(10(15-16-17)13(18)19-4)12-8(2)14-9(3)20-12/h5-7H2,1-4H3. The smallest absolute Gasteiger partial charge is 0.360 e. The first kappa shape index (κ1) is 14.6. The molecule has 20 heavy (non-hydrogen) atoms. The number of carbonyl (C=O) groups excluding carboxylic acids is 1. The Labute approximate surface area is 121 Å². The van der Waals surface area contributed by atoms with E-state index in [0.717, 1.165) is 35.0 Å². The molecule has 0 radical (unpaired) electrons. The molecule has 7 heteroatoms. The van der Waals surface area contributed by atoms with E-state index in [1.807, 2.05) is 13.8 Å². The van der Waals surface area contributed by atoms with Crippen LogP contribution in [-0.4, -0.2) is 33.1 Å². The van der Waals surface area contributed by atoms with Gasteiger partial charge in [-0.1, -0.05) is 18.6 Å². The molecule has 0 unspecified atom stereocenters. The van der Waals surface area contributed by atoms with Gasteiger partial charge in [0.1, 0.15) is 5.69 Å². The number of methoxy groups -OCH3 is 1. The van der Waals surface area contributed by atoms with Crippen LogP contribution in [0, 0.1) is 13.8 Å². The molecule has 2 rings (SSSR count). The lowest BCUT2D eigenvalue weighted by molar-refractivity contribution is 0.0595. The molecule has 0 amide bonds. The average Bonchev–Trinajstić information content (AvgIpc) is 2.98. The van der Waals surface area contributed by atoms with Crippen molar-refractivity contribution in [3.63, 3.8) is 0 Å². The lowest BCUT2D eigenvalue weighted by atomic mass is 10.2. The monoisotopic (exact) mass is 294 g/mol. The number of thiazole rings is 1. The van der Waals surface area contributed by atoms with Crippen LogP contribution in [0.1, 0.15) is 41.0 Å². The van der Waals surface area contributed by atoms with Crippen LogP contribution in [0.2, 0.25) is 0 Å². The maximum Gasteiger partial charge on any atom is 0.360 e. The van der Waals surface area contributed by atoms with Gasteiger partial charge in [-0.25, -0.2) is 14.5 Å². The first-order chi connectivity index (χ1) is 9.58. The quantitative estimate of drug-likeness (QED) is 0.793. The van der Waals surface area contributed by atoms with Gasteiger partial charge in [-0.05, 0) is 20.3 Å². The summed E-state index contributed by atoms with van der Waals surface area (Å²) in [6.45, 7) is 6.71. The summed E-state index contributed by atoms with van der Waals surface area (Å²) in [6, 6.07) is 0. The van der Waals surface area contributed by atoms with Crippen LogP contribution in [0.5, 0.6) is 0 Å². The van der Waals surface area contributed by atoms with Crippen LogP contribution in [0.4, 0.5) is 0 Å². The molecule has 2 heterocycles. The second kappa shape index (κ2) is 6.13. The Morgan fingerprint density at radius 2 is 2.15 bits per heavy atom. The van der Waals surface area contributed by atoms with E-state index in [-0.39, 0.29) is 5.69 Å². The van der Waals surface area contributed by atoms with Crippen molar-refractivity contribution in [2.24, 2.45) is 0 Å². The van der Waals surface area contributed by atoms with Crippen LogP contribution in [0.3, 0.4) is 0 Å². The summed E-state index contributed by atoms with van der Waals surface area (Å²) in [6.07, 6.45) is 2.03. The molecule has 108 valence electrons. The molecule has 2 aromatic rings. The van der Waals surface area contributed by atoms with E-state index >= 15 is 0 Å². The van der Waals surface area contributed by atoms with Gasteiger partial charge in [0.15, 0.2) is 5.69 Å². The minimum atomic E-state index is -0.465. The Kier molecular flexibility index (Phi) is 4.49. The molecule has 0 N–H and O–H groups in total. The Balaban J connectivity index is 2.54. The van der Waals surface area contributed by atoms with Gasteiger partial charge in [-0.3, -0.25) is 0 Å². The van der Waals surface area contributed by atoms with Crippen molar-refractivity contribution in [3.8, 4) is 10.6 Å². The molecule has 0 aliphatic heterocycles. The Morgan fingerprint density at radius 3 is 2.70 bits per heavy atom. The number of aryl methyl sites for hydroxylation is 3. The summed E-state index contributed by atoms with van der Waals surface area (Å²) in [5, 5.41) is 9.03. The highest BCUT2D eigenvalue weighted by Crippen LogP contribution is 2.31. The van der Waals surface area contributed by atoms with E-state index < -0.39 is 5.97 Å². The van der Waals surface area contributed by atoms with Crippen LogP contribution in [0.25, 0.3) is 10.6 Å². The van der Waals surface area contributed by atoms with Crippen molar-refractivity contribution in [3.05, 3.63) is 16.4 Å². The zero-order valence-electron chi connectivity index (χ0n) is 12.1. The van der Waals surface area contributed by atoms with Crippen LogP contribution >= 0.6 is 11.3 Å². The van der Waals surface area contributed by atoms with Gasteiger partial charge < -0.3 is 4.74 Å². The molecule has 0 bridgehead atoms. The van der Waals surface area contributed by atoms with Crippen molar-refractivity contribution in [2.45, 2.75) is 40.2 Å². The number of aromatic nitrogens is 4. The molecule has 2 aromatic heterocycles. The average molecular weight is 294 g/mol. The molecule has 0 saturated carbocycles. The van der Waals surface area contributed by atoms with Crippen LogP contribution in [-0.2, 0) is 11.3 Å². The number of ether oxygens (including phenoxy) is 1. The predicted octanol–water partition coefficient (Wildman–Crippen LogP) is 2.61. The van der Waals surface area contributed by atoms with E-state index in [9.17, 15) is 4.79 Å². The van der Waals surface area contributed by atoms with Crippen LogP contribution < -0.4 is 0 Å². The highest BCUT2D eigenvalue weighted by molar-refractivity contribution is 7.15. The van der Waals surface area contributed by atoms with Gasteiger partial charge in [0.2, 0.25) is 0 Å². The fraction of sp³-hybridized carbons (Fsp3) is 0.538. The van der Waals surface area contributed by atoms with Gasteiger partial charge in [0.25, 0.3) is 0 Å². The number of esters is 1. The second-order valence-corrected chi connectivity index (χ2v) is 5.71. The fourth-order valence-electron chi connectivity index (χ4n) is 1.99. The van der Waals surface area contributed by atoms with E-state index in [2.05, 4.69) is 22.2 Å². The molecule has 0 aliphatic carbocycles. The third-order valence-electron chi connectivity index (χ3n) is 2.96. The molecule has 6 nitrogen and oxygen atoms in total. The van der Waals surface area contributed by atoms with Gasteiger partial charge in [-0.2, -0.15) is 0 Å². The minimum absolute atomic E-state index is 0.260. The highest BCUT2D eigenvalue weighted by Gasteiger charge is 2.24. The summed E-state index contributed by atoms with van der Waals surface area (Å²) < 4.78 is 6.57. The number of hydrogen-bond donors (Lipinski definition) is 0. The summed E-state index contributed by atoms with van der Waals surface area (Å²) in [5.74, 6) is -0.465. The van der Waals surface area contributed by atoms with Gasteiger partial charge in [0, 0.05) is 6.54 Å². The SMILES string of the molecule is CCCCn1nnc(C(=O)OC)c1-c1sc(C)nc1C. The molecule has 0 fully saturated rings. The van der Waals surface area contributed by atoms with Crippen molar-refractivity contribution in [1.82, 2.24) is 20.0 Å². The van der Waals surface area contributed by atoms with Gasteiger partial charge in [-0.15, -0.1) is 16.4 Å². The van der Waals surface area contributed by atoms with Crippen molar-refractivity contribution >= 4 is 17.3 Å². The minimum Gasteiger partial charge on any atom is -0.464 e. The molecule has 0 spiro atoms. The van der Waals surface area contributed by atoms with E-state index in [4.69, 9.17) is 4.74 Å². The summed E-state index contributed by atoms with van der Waals surface area (Å²) in [4.78, 5) is 17.2. The third kappa shape index (κ3) is 2.72. The normalized spacial score (nSPS) is 10.8. The maximum atomic E-state index is 11.9. The van der Waals surface area contributed by atoms with E-state index in [1.165, 1.54) is 7.11 Å². The molecule has 0 atom stereocenters. The number of nitrogens with zero attached hydrogens (tertiary/aromatic N) is 4. The Hall–Kier alpha value is -1.76. The maximum absolute atomic E-state index is 11.9. The highest BCUT2D eigenvalue weighted by atomic mass is 32.1. The largest absolute Gasteiger partial charge is 0.464 e. The van der Waals surface area contributed by atoms with Crippen molar-refractivity contribution < 1.29 is 9.53 Å². The lowest BCUT2D eigenvalue weighted by Crippen LogP contribution is -2.06. The van der Waals surface area contributed by atoms with Crippen LogP contribution in [0.15, 0.2) is 0 Å². The van der Waals surface area contributed by atoms with Crippen molar-refractivity contribution in [2.75, 3.05) is 7.11 Å². The lowest BCUT2D eigenvalue weighted by Gasteiger charge is -2.05. The predicted molar refractivity (Wildman–Crippen MR) is 76.9 cm³/mol. The van der Waals surface area contributed by atoms with Gasteiger partial charge >= 0.3 is 5.97 Å². The first-order valence-corrected chi connectivity index (χ1v) is 7.36. The summed E-state index contributed by atoms with van der Waals surface area (Å²) in [7, 11) is 1.35. The Morgan fingerprint density at radius 1 is 1.40 bits per heavy atom. The second-order valence-electron chi connectivity index (χ2n) is 4.50. The molecular formula is C13H18N4O2S. The topological polar surface area (TPSA) is 69.9 Å². The third-order valence-corrected chi connectivity index (χ3v) is 4.04. The number of carbonyl (C=O) groups is 1. The molecule has 0 aromatic carbocycles. The zero-order chi connectivity index (χ0) is 14.7. The van der Waals surface area contributed by atoms with E-state index in [0.29, 0.717) is 5.69 Å². The number of unbranched alkanes of at least 4 members (excludes halogenated alkanes) is 1. The van der Waals surface area contributed by atoms with Gasteiger partial charge in [0.05, 0.1) is 22.7 Å². The molecule has 0 saturated heterocycles. The molecule has 0 aliphatic rings. The zero-order valence-corrected chi connectivity index (χ0v) is 13.0. The number of rotatable bonds is 5. The van der Waals surface area contributed by atoms with E-state index in [1.54, 1.807) is 16.0 Å². The summed E-state index contributed by atoms with van der Waals surface area (Å²) in [5.41, 5.74) is 1.86. The fourth-order valence-corrected chi connectivity index (χ4v) is 2.96. The van der Waals surface area contributed by atoms with Crippen molar-refractivity contribution in [1.29, 1.82) is 0 Å². The summed E-state index contributed by atoms with van der Waals surface area (Å²) >= 11 is 1.54. The molecular weight excluding hydrogens is 276 g/mol. The number of hydrogen-bond acceptors (Lipinski definition) is 6. The first-order valence-electron chi connectivity index (χ1n) is 6.54. The Bertz CT molecular complexity index is 618.